The molecule has 138 valence electrons. The van der Waals surface area contributed by atoms with Crippen LogP contribution in [0.4, 0.5) is 10.1 Å². The third kappa shape index (κ3) is 6.74. The smallest absolute Gasteiger partial charge is 0.245 e. The van der Waals surface area contributed by atoms with Crippen LogP contribution in [0.1, 0.15) is 4.88 Å². The van der Waals surface area contributed by atoms with Crippen molar-refractivity contribution in [1.29, 1.82) is 0 Å². The maximum atomic E-state index is 13.7. The summed E-state index contributed by atoms with van der Waals surface area (Å²) in [6.07, 6.45) is 1.80. The number of rotatable bonds is 5. The van der Waals surface area contributed by atoms with Crippen LogP contribution >= 0.6 is 58.4 Å². The van der Waals surface area contributed by atoms with Crippen LogP contribution in [0.5, 0.6) is 0 Å². The quantitative estimate of drug-likeness (QED) is 0.266. The van der Waals surface area contributed by atoms with Crippen LogP contribution in [0.25, 0.3) is 6.08 Å². The molecule has 1 atom stereocenters. The van der Waals surface area contributed by atoms with Gasteiger partial charge in [-0.2, -0.15) is 0 Å². The van der Waals surface area contributed by atoms with E-state index in [2.05, 4.69) is 16.0 Å². The Labute approximate surface area is 174 Å². The van der Waals surface area contributed by atoms with Gasteiger partial charge in [0.1, 0.15) is 12.0 Å². The zero-order valence-electron chi connectivity index (χ0n) is 13.0. The summed E-state index contributed by atoms with van der Waals surface area (Å²) in [6.45, 7) is 0. The van der Waals surface area contributed by atoms with Crippen molar-refractivity contribution in [3.8, 4) is 0 Å². The summed E-state index contributed by atoms with van der Waals surface area (Å²) in [6, 6.07) is 9.66. The largest absolute Gasteiger partial charge is 0.339 e. The number of para-hydroxylation sites is 1. The Kier molecular flexibility index (Phi) is 7.67. The highest BCUT2D eigenvalue weighted by Gasteiger charge is 2.34. The summed E-state index contributed by atoms with van der Waals surface area (Å²) in [5, 5.41) is 9.66. The first-order valence-corrected chi connectivity index (χ1v) is 9.59. The molecule has 0 saturated heterocycles. The highest BCUT2D eigenvalue weighted by molar-refractivity contribution is 7.80. The third-order valence-electron chi connectivity index (χ3n) is 2.95. The second-order valence-electron chi connectivity index (χ2n) is 4.91. The van der Waals surface area contributed by atoms with Crippen molar-refractivity contribution in [3.05, 3.63) is 58.5 Å². The van der Waals surface area contributed by atoms with Crippen LogP contribution in [-0.2, 0) is 4.79 Å². The SMILES string of the molecule is O=C(C=Cc1cccs1)NC(NC(=S)Nc1ccccc1F)C(Cl)(Cl)Cl. The van der Waals surface area contributed by atoms with E-state index in [1.165, 1.54) is 29.5 Å². The molecule has 1 unspecified atom stereocenters. The number of hydrogen-bond acceptors (Lipinski definition) is 3. The summed E-state index contributed by atoms with van der Waals surface area (Å²) in [5.74, 6) is -0.985. The topological polar surface area (TPSA) is 53.2 Å². The number of thiophene rings is 1. The average Bonchev–Trinajstić information content (AvgIpc) is 3.07. The van der Waals surface area contributed by atoms with E-state index in [9.17, 15) is 9.18 Å². The number of anilines is 1. The molecule has 0 saturated carbocycles. The minimum Gasteiger partial charge on any atom is -0.339 e. The second kappa shape index (κ2) is 9.53. The van der Waals surface area contributed by atoms with Gasteiger partial charge in [-0.15, -0.1) is 11.3 Å². The minimum absolute atomic E-state index is 0.0195. The molecule has 1 aromatic carbocycles. The molecule has 10 heteroatoms. The van der Waals surface area contributed by atoms with Gasteiger partial charge in [0.25, 0.3) is 0 Å². The zero-order valence-corrected chi connectivity index (χ0v) is 16.9. The average molecular weight is 453 g/mol. The number of amides is 1. The molecule has 1 aromatic heterocycles. The van der Waals surface area contributed by atoms with Gasteiger partial charge >= 0.3 is 0 Å². The molecule has 1 heterocycles. The van der Waals surface area contributed by atoms with Crippen molar-refractivity contribution in [2.45, 2.75) is 9.96 Å². The van der Waals surface area contributed by atoms with Gasteiger partial charge in [-0.05, 0) is 41.9 Å². The van der Waals surface area contributed by atoms with E-state index >= 15 is 0 Å². The highest BCUT2D eigenvalue weighted by atomic mass is 35.6. The summed E-state index contributed by atoms with van der Waals surface area (Å²) < 4.78 is 11.8. The number of thiocarbonyl (C=S) groups is 1. The number of nitrogens with one attached hydrogen (secondary N) is 3. The summed E-state index contributed by atoms with van der Waals surface area (Å²) in [7, 11) is 0. The number of benzene rings is 1. The molecule has 4 nitrogen and oxygen atoms in total. The maximum Gasteiger partial charge on any atom is 0.245 e. The lowest BCUT2D eigenvalue weighted by Gasteiger charge is -2.27. The molecule has 0 aliphatic heterocycles. The lowest BCUT2D eigenvalue weighted by Crippen LogP contribution is -2.55. The summed E-state index contributed by atoms with van der Waals surface area (Å²) in [4.78, 5) is 13.0. The Bertz CT molecular complexity index is 794. The van der Waals surface area contributed by atoms with Gasteiger partial charge in [-0.3, -0.25) is 4.79 Å². The number of carbonyl (C=O) groups excluding carboxylic acids is 1. The van der Waals surface area contributed by atoms with Crippen molar-refractivity contribution in [1.82, 2.24) is 10.6 Å². The van der Waals surface area contributed by atoms with Crippen LogP contribution < -0.4 is 16.0 Å². The first-order chi connectivity index (χ1) is 12.3. The summed E-state index contributed by atoms with van der Waals surface area (Å²) >= 11 is 24.2. The Hall–Kier alpha value is -1.38. The Morgan fingerprint density at radius 2 is 1.92 bits per heavy atom. The lowest BCUT2D eigenvalue weighted by atomic mass is 10.3. The highest BCUT2D eigenvalue weighted by Crippen LogP contribution is 2.29. The van der Waals surface area contributed by atoms with E-state index in [4.69, 9.17) is 47.0 Å². The van der Waals surface area contributed by atoms with Gasteiger partial charge in [0.05, 0.1) is 5.69 Å². The molecule has 3 N–H and O–H groups in total. The minimum atomic E-state index is -1.90. The van der Waals surface area contributed by atoms with Gasteiger partial charge in [-0.25, -0.2) is 4.39 Å². The van der Waals surface area contributed by atoms with Gasteiger partial charge in [0, 0.05) is 11.0 Å². The van der Waals surface area contributed by atoms with Crippen LogP contribution in [-0.4, -0.2) is 21.0 Å². The molecule has 0 radical (unpaired) electrons. The fourth-order valence-corrected chi connectivity index (χ4v) is 2.96. The van der Waals surface area contributed by atoms with Crippen LogP contribution in [0.2, 0.25) is 0 Å². The predicted octanol–water partition coefficient (Wildman–Crippen LogP) is 4.70. The molecule has 0 spiro atoms. The van der Waals surface area contributed by atoms with Gasteiger partial charge in [-0.1, -0.05) is 53.0 Å². The van der Waals surface area contributed by atoms with Crippen molar-refractivity contribution in [2.75, 3.05) is 5.32 Å². The Morgan fingerprint density at radius 1 is 1.19 bits per heavy atom. The van der Waals surface area contributed by atoms with Gasteiger partial charge in [0.15, 0.2) is 5.11 Å². The molecule has 26 heavy (non-hydrogen) atoms. The van der Waals surface area contributed by atoms with Crippen molar-refractivity contribution in [2.24, 2.45) is 0 Å². The molecule has 2 aromatic rings. The standard InChI is InChI=1S/C16H13Cl3FN3OS2/c17-16(18,19)14(22-13(24)8-7-10-4-3-9-26-10)23-15(25)21-12-6-2-1-5-11(12)20/h1-9,14H,(H,22,24)(H2,21,23,25). The van der Waals surface area contributed by atoms with Crippen molar-refractivity contribution in [3.63, 3.8) is 0 Å². The Morgan fingerprint density at radius 3 is 2.54 bits per heavy atom. The first-order valence-electron chi connectivity index (χ1n) is 7.16. The van der Waals surface area contributed by atoms with E-state index in [1.807, 2.05) is 17.5 Å². The Balaban J connectivity index is 1.99. The molecule has 0 aliphatic carbocycles. The molecular weight excluding hydrogens is 440 g/mol. The second-order valence-corrected chi connectivity index (χ2v) is 8.67. The number of hydrogen-bond donors (Lipinski definition) is 3. The van der Waals surface area contributed by atoms with Crippen LogP contribution in [0, 0.1) is 5.82 Å². The zero-order chi connectivity index (χ0) is 19.2. The van der Waals surface area contributed by atoms with E-state index in [-0.39, 0.29) is 10.8 Å². The van der Waals surface area contributed by atoms with E-state index in [0.29, 0.717) is 0 Å². The van der Waals surface area contributed by atoms with Gasteiger partial charge in [0.2, 0.25) is 9.70 Å². The van der Waals surface area contributed by atoms with E-state index in [0.717, 1.165) is 4.88 Å². The fraction of sp³-hybridized carbons (Fsp3) is 0.125. The molecule has 2 rings (SSSR count). The normalized spacial score (nSPS) is 12.6. The predicted molar refractivity (Wildman–Crippen MR) is 111 cm³/mol. The van der Waals surface area contributed by atoms with Crippen molar-refractivity contribution >= 4 is 81.1 Å². The van der Waals surface area contributed by atoms with E-state index in [1.54, 1.807) is 18.2 Å². The molecule has 0 aliphatic rings. The van der Waals surface area contributed by atoms with E-state index < -0.39 is 21.7 Å². The molecular formula is C16H13Cl3FN3OS2. The first kappa shape index (κ1) is 20.9. The van der Waals surface area contributed by atoms with Crippen LogP contribution in [0.15, 0.2) is 47.9 Å². The number of halogens is 4. The maximum absolute atomic E-state index is 13.7. The van der Waals surface area contributed by atoms with Gasteiger partial charge < -0.3 is 16.0 Å². The molecule has 1 amide bonds. The molecule has 0 bridgehead atoms. The summed E-state index contributed by atoms with van der Waals surface area (Å²) in [5.41, 5.74) is 0.150. The monoisotopic (exact) mass is 451 g/mol. The van der Waals surface area contributed by atoms with Crippen molar-refractivity contribution < 1.29 is 9.18 Å². The molecule has 0 fully saturated rings. The fourth-order valence-electron chi connectivity index (χ4n) is 1.79. The number of alkyl halides is 3. The third-order valence-corrected chi connectivity index (χ3v) is 4.67. The lowest BCUT2D eigenvalue weighted by molar-refractivity contribution is -0.117. The number of carbonyl (C=O) groups is 1. The van der Waals surface area contributed by atoms with Crippen LogP contribution in [0.3, 0.4) is 0 Å².